The van der Waals surface area contributed by atoms with E-state index in [9.17, 15) is 4.79 Å². The SMILES string of the molecule is CCCCCCC(=O)N(C)c1ccc(N)cc1. The van der Waals surface area contributed by atoms with Crippen LogP contribution in [0.4, 0.5) is 11.4 Å². The molecule has 2 N–H and O–H groups in total. The second-order valence-corrected chi connectivity index (χ2v) is 4.35. The van der Waals surface area contributed by atoms with Gasteiger partial charge in [-0.3, -0.25) is 4.79 Å². The Hall–Kier alpha value is -1.51. The predicted molar refractivity (Wildman–Crippen MR) is 73.0 cm³/mol. The second kappa shape index (κ2) is 6.94. The van der Waals surface area contributed by atoms with Crippen molar-refractivity contribution in [1.82, 2.24) is 0 Å². The fraction of sp³-hybridized carbons (Fsp3) is 0.500. The summed E-state index contributed by atoms with van der Waals surface area (Å²) in [7, 11) is 1.81. The van der Waals surface area contributed by atoms with Crippen LogP contribution < -0.4 is 10.6 Å². The number of amides is 1. The molecule has 1 amide bonds. The molecule has 0 fully saturated rings. The lowest BCUT2D eigenvalue weighted by Crippen LogP contribution is -2.25. The van der Waals surface area contributed by atoms with Crippen LogP contribution in [0.25, 0.3) is 0 Å². The van der Waals surface area contributed by atoms with Gasteiger partial charge in [0.15, 0.2) is 0 Å². The summed E-state index contributed by atoms with van der Waals surface area (Å²) in [5, 5.41) is 0. The van der Waals surface area contributed by atoms with Crippen LogP contribution in [0.2, 0.25) is 0 Å². The first-order valence-electron chi connectivity index (χ1n) is 6.27. The van der Waals surface area contributed by atoms with Crippen molar-refractivity contribution in [2.24, 2.45) is 0 Å². The molecule has 3 nitrogen and oxygen atoms in total. The Morgan fingerprint density at radius 2 is 1.82 bits per heavy atom. The summed E-state index contributed by atoms with van der Waals surface area (Å²) < 4.78 is 0. The van der Waals surface area contributed by atoms with Crippen LogP contribution in [-0.4, -0.2) is 13.0 Å². The number of hydrogen-bond donors (Lipinski definition) is 1. The number of unbranched alkanes of at least 4 members (excludes halogenated alkanes) is 3. The summed E-state index contributed by atoms with van der Waals surface area (Å²) in [5.74, 6) is 0.172. The molecule has 0 atom stereocenters. The first-order valence-corrected chi connectivity index (χ1v) is 6.27. The molecule has 0 aromatic heterocycles. The lowest BCUT2D eigenvalue weighted by molar-refractivity contribution is -0.118. The number of carbonyl (C=O) groups excluding carboxylic acids is 1. The van der Waals surface area contributed by atoms with Gasteiger partial charge in [-0.25, -0.2) is 0 Å². The number of benzene rings is 1. The largest absolute Gasteiger partial charge is 0.399 e. The maximum absolute atomic E-state index is 11.9. The third-order valence-electron chi connectivity index (χ3n) is 2.90. The van der Waals surface area contributed by atoms with Crippen molar-refractivity contribution < 1.29 is 4.79 Å². The summed E-state index contributed by atoms with van der Waals surface area (Å²) in [6.45, 7) is 2.17. The molecule has 3 heteroatoms. The lowest BCUT2D eigenvalue weighted by Gasteiger charge is -2.17. The summed E-state index contributed by atoms with van der Waals surface area (Å²) in [6.07, 6.45) is 5.14. The topological polar surface area (TPSA) is 46.3 Å². The summed E-state index contributed by atoms with van der Waals surface area (Å²) in [6, 6.07) is 7.38. The van der Waals surface area contributed by atoms with Gasteiger partial charge in [0, 0.05) is 24.8 Å². The van der Waals surface area contributed by atoms with Gasteiger partial charge in [0.1, 0.15) is 0 Å². The van der Waals surface area contributed by atoms with E-state index in [0.29, 0.717) is 6.42 Å². The highest BCUT2D eigenvalue weighted by atomic mass is 16.2. The Labute approximate surface area is 104 Å². The van der Waals surface area contributed by atoms with Crippen molar-refractivity contribution in [1.29, 1.82) is 0 Å². The zero-order chi connectivity index (χ0) is 12.7. The molecule has 1 aromatic carbocycles. The Morgan fingerprint density at radius 3 is 2.41 bits per heavy atom. The van der Waals surface area contributed by atoms with E-state index in [4.69, 9.17) is 5.73 Å². The third kappa shape index (κ3) is 4.47. The molecule has 17 heavy (non-hydrogen) atoms. The predicted octanol–water partition coefficient (Wildman–Crippen LogP) is 3.20. The standard InChI is InChI=1S/C14H22N2O/c1-3-4-5-6-7-14(17)16(2)13-10-8-12(15)9-11-13/h8-11H,3-7,15H2,1-2H3. The molecular formula is C14H22N2O. The molecule has 0 aliphatic carbocycles. The zero-order valence-electron chi connectivity index (χ0n) is 10.8. The van der Waals surface area contributed by atoms with Crippen molar-refractivity contribution in [3.05, 3.63) is 24.3 Å². The average Bonchev–Trinajstić information content (AvgIpc) is 2.34. The molecule has 0 bridgehead atoms. The number of anilines is 2. The first kappa shape index (κ1) is 13.6. The molecule has 0 heterocycles. The quantitative estimate of drug-likeness (QED) is 0.607. The maximum atomic E-state index is 11.9. The van der Waals surface area contributed by atoms with E-state index >= 15 is 0 Å². The minimum absolute atomic E-state index is 0.172. The van der Waals surface area contributed by atoms with Gasteiger partial charge < -0.3 is 10.6 Å². The Balaban J connectivity index is 2.43. The fourth-order valence-corrected chi connectivity index (χ4v) is 1.71. The molecule has 94 valence electrons. The molecule has 0 spiro atoms. The van der Waals surface area contributed by atoms with E-state index in [2.05, 4.69) is 6.92 Å². The van der Waals surface area contributed by atoms with Crippen molar-refractivity contribution in [2.45, 2.75) is 39.0 Å². The molecule has 0 aliphatic heterocycles. The number of nitrogens with zero attached hydrogens (tertiary/aromatic N) is 1. The molecule has 0 radical (unpaired) electrons. The van der Waals surface area contributed by atoms with Crippen LogP contribution in [0.3, 0.4) is 0 Å². The van der Waals surface area contributed by atoms with Crippen molar-refractivity contribution in [2.75, 3.05) is 17.7 Å². The van der Waals surface area contributed by atoms with Gasteiger partial charge in [0.25, 0.3) is 0 Å². The highest BCUT2D eigenvalue weighted by molar-refractivity contribution is 5.92. The van der Waals surface area contributed by atoms with E-state index in [0.717, 1.165) is 24.2 Å². The van der Waals surface area contributed by atoms with Crippen molar-refractivity contribution >= 4 is 17.3 Å². The Morgan fingerprint density at radius 1 is 1.18 bits per heavy atom. The van der Waals surface area contributed by atoms with Crippen LogP contribution in [0, 0.1) is 0 Å². The van der Waals surface area contributed by atoms with Crippen LogP contribution in [0.1, 0.15) is 39.0 Å². The number of nitrogens with two attached hydrogens (primary N) is 1. The molecule has 1 aromatic rings. The number of nitrogen functional groups attached to an aromatic ring is 1. The number of rotatable bonds is 6. The van der Waals surface area contributed by atoms with Crippen LogP contribution in [-0.2, 0) is 4.79 Å². The van der Waals surface area contributed by atoms with E-state index in [1.807, 2.05) is 31.3 Å². The zero-order valence-corrected chi connectivity index (χ0v) is 10.8. The van der Waals surface area contributed by atoms with Gasteiger partial charge >= 0.3 is 0 Å². The fourth-order valence-electron chi connectivity index (χ4n) is 1.71. The van der Waals surface area contributed by atoms with Crippen molar-refractivity contribution in [3.63, 3.8) is 0 Å². The van der Waals surface area contributed by atoms with Gasteiger partial charge in [-0.1, -0.05) is 26.2 Å². The first-order chi connectivity index (χ1) is 8.15. The Bertz CT molecular complexity index is 346. The van der Waals surface area contributed by atoms with Gasteiger partial charge in [0.2, 0.25) is 5.91 Å². The third-order valence-corrected chi connectivity index (χ3v) is 2.90. The lowest BCUT2D eigenvalue weighted by atomic mass is 10.1. The number of carbonyl (C=O) groups is 1. The van der Waals surface area contributed by atoms with Crippen LogP contribution in [0.15, 0.2) is 24.3 Å². The molecule has 0 unspecified atom stereocenters. The minimum atomic E-state index is 0.172. The molecule has 0 saturated heterocycles. The normalized spacial score (nSPS) is 10.2. The van der Waals surface area contributed by atoms with Crippen LogP contribution >= 0.6 is 0 Å². The van der Waals surface area contributed by atoms with Gasteiger partial charge in [-0.05, 0) is 30.7 Å². The second-order valence-electron chi connectivity index (χ2n) is 4.35. The molecule has 0 saturated carbocycles. The van der Waals surface area contributed by atoms with Gasteiger partial charge in [-0.15, -0.1) is 0 Å². The smallest absolute Gasteiger partial charge is 0.226 e. The van der Waals surface area contributed by atoms with Crippen LogP contribution in [0.5, 0.6) is 0 Å². The summed E-state index contributed by atoms with van der Waals surface area (Å²) in [5.41, 5.74) is 7.24. The number of hydrogen-bond acceptors (Lipinski definition) is 2. The highest BCUT2D eigenvalue weighted by Crippen LogP contribution is 2.16. The molecular weight excluding hydrogens is 212 g/mol. The monoisotopic (exact) mass is 234 g/mol. The summed E-state index contributed by atoms with van der Waals surface area (Å²) >= 11 is 0. The highest BCUT2D eigenvalue weighted by Gasteiger charge is 2.09. The minimum Gasteiger partial charge on any atom is -0.399 e. The van der Waals surface area contributed by atoms with E-state index in [1.165, 1.54) is 12.8 Å². The van der Waals surface area contributed by atoms with Gasteiger partial charge in [0.05, 0.1) is 0 Å². The molecule has 0 aliphatic rings. The molecule has 1 rings (SSSR count). The average molecular weight is 234 g/mol. The maximum Gasteiger partial charge on any atom is 0.226 e. The van der Waals surface area contributed by atoms with Crippen molar-refractivity contribution in [3.8, 4) is 0 Å². The Kier molecular flexibility index (Phi) is 5.53. The summed E-state index contributed by atoms with van der Waals surface area (Å²) in [4.78, 5) is 13.6. The van der Waals surface area contributed by atoms with E-state index < -0.39 is 0 Å². The van der Waals surface area contributed by atoms with E-state index in [-0.39, 0.29) is 5.91 Å². The van der Waals surface area contributed by atoms with E-state index in [1.54, 1.807) is 4.90 Å². The van der Waals surface area contributed by atoms with Gasteiger partial charge in [-0.2, -0.15) is 0 Å².